The number of carbonyl (C=O) groups excluding carboxylic acids is 1. The van der Waals surface area contributed by atoms with E-state index in [4.69, 9.17) is 11.6 Å². The minimum Gasteiger partial charge on any atom is -0.341 e. The zero-order chi connectivity index (χ0) is 14.4. The molecule has 2 rings (SSSR count). The number of benzene rings is 2. The van der Waals surface area contributed by atoms with Crippen molar-refractivity contribution in [2.75, 3.05) is 12.9 Å². The van der Waals surface area contributed by atoms with Gasteiger partial charge in [-0.2, -0.15) is 0 Å². The van der Waals surface area contributed by atoms with E-state index in [-0.39, 0.29) is 5.91 Å². The Morgan fingerprint density at radius 2 is 1.85 bits per heavy atom. The van der Waals surface area contributed by atoms with Crippen LogP contribution < -0.4 is 0 Å². The molecule has 0 aliphatic heterocycles. The summed E-state index contributed by atoms with van der Waals surface area (Å²) < 4.78 is 0. The van der Waals surface area contributed by atoms with Crippen LogP contribution >= 0.6 is 11.6 Å². The Balaban J connectivity index is 1.98. The highest BCUT2D eigenvalue weighted by Gasteiger charge is 2.09. The van der Waals surface area contributed by atoms with Gasteiger partial charge in [-0.3, -0.25) is 4.79 Å². The molecular formula is C17H20ClNO. The van der Waals surface area contributed by atoms with Crippen molar-refractivity contribution in [1.82, 2.24) is 4.90 Å². The predicted octanol–water partition coefficient (Wildman–Crippen LogP) is 4.21. The molecule has 0 radical (unpaired) electrons. The molecule has 0 atom stereocenters. The van der Waals surface area contributed by atoms with E-state index in [1.807, 2.05) is 19.2 Å². The van der Waals surface area contributed by atoms with E-state index in [0.29, 0.717) is 18.8 Å². The smallest absolute Gasteiger partial charge is 0.222 e. The standard InChI is InChI=1S/C17H20ClNO/c1-19(17(20)8-4-5-11-18)13-14-9-10-15-6-2-3-7-16(15)12-14/h2-3,6-7,9-10,12H,4-5,8,11,13H2,1H3. The lowest BCUT2D eigenvalue weighted by atomic mass is 10.1. The van der Waals surface area contributed by atoms with Gasteiger partial charge in [-0.25, -0.2) is 0 Å². The van der Waals surface area contributed by atoms with Crippen LogP contribution in [0.1, 0.15) is 24.8 Å². The molecule has 2 aromatic carbocycles. The lowest BCUT2D eigenvalue weighted by Crippen LogP contribution is -2.25. The highest BCUT2D eigenvalue weighted by molar-refractivity contribution is 6.17. The van der Waals surface area contributed by atoms with Crippen LogP contribution in [0, 0.1) is 0 Å². The number of fused-ring (bicyclic) bond motifs is 1. The SMILES string of the molecule is CN(Cc1ccc2ccccc2c1)C(=O)CCCCCl. The summed E-state index contributed by atoms with van der Waals surface area (Å²) in [5.74, 6) is 0.810. The van der Waals surface area contributed by atoms with Gasteiger partial charge in [0.05, 0.1) is 0 Å². The molecule has 0 spiro atoms. The third-order valence-electron chi connectivity index (χ3n) is 3.43. The molecule has 0 aromatic heterocycles. The maximum absolute atomic E-state index is 12.0. The summed E-state index contributed by atoms with van der Waals surface area (Å²) in [4.78, 5) is 13.8. The molecule has 0 saturated carbocycles. The van der Waals surface area contributed by atoms with Gasteiger partial charge in [-0.1, -0.05) is 36.4 Å². The van der Waals surface area contributed by atoms with Gasteiger partial charge in [-0.05, 0) is 35.2 Å². The van der Waals surface area contributed by atoms with Gasteiger partial charge in [0.2, 0.25) is 5.91 Å². The molecule has 20 heavy (non-hydrogen) atoms. The number of rotatable bonds is 6. The van der Waals surface area contributed by atoms with Crippen molar-refractivity contribution < 1.29 is 4.79 Å². The van der Waals surface area contributed by atoms with Crippen LogP contribution in [0.5, 0.6) is 0 Å². The second kappa shape index (κ2) is 7.30. The predicted molar refractivity (Wildman–Crippen MR) is 85.0 cm³/mol. The zero-order valence-electron chi connectivity index (χ0n) is 11.8. The summed E-state index contributed by atoms with van der Waals surface area (Å²) in [5.41, 5.74) is 1.16. The van der Waals surface area contributed by atoms with Gasteiger partial charge in [0, 0.05) is 25.9 Å². The number of alkyl halides is 1. The summed E-state index contributed by atoms with van der Waals surface area (Å²) in [5, 5.41) is 2.44. The quantitative estimate of drug-likeness (QED) is 0.576. The minimum atomic E-state index is 0.184. The Morgan fingerprint density at radius 3 is 2.60 bits per heavy atom. The molecule has 0 aliphatic rings. The van der Waals surface area contributed by atoms with E-state index in [0.717, 1.165) is 18.4 Å². The first-order chi connectivity index (χ1) is 9.70. The Kier molecular flexibility index (Phi) is 5.42. The molecule has 2 nitrogen and oxygen atoms in total. The van der Waals surface area contributed by atoms with Gasteiger partial charge < -0.3 is 4.90 Å². The van der Waals surface area contributed by atoms with E-state index >= 15 is 0 Å². The summed E-state index contributed by atoms with van der Waals surface area (Å²) in [6.07, 6.45) is 2.35. The highest BCUT2D eigenvalue weighted by Crippen LogP contribution is 2.17. The fourth-order valence-electron chi connectivity index (χ4n) is 2.26. The molecule has 106 valence electrons. The van der Waals surface area contributed by atoms with Crippen molar-refractivity contribution in [1.29, 1.82) is 0 Å². The molecule has 0 N–H and O–H groups in total. The number of amides is 1. The maximum atomic E-state index is 12.0. The average Bonchev–Trinajstić information content (AvgIpc) is 2.47. The van der Waals surface area contributed by atoms with Crippen molar-refractivity contribution in [2.45, 2.75) is 25.8 Å². The van der Waals surface area contributed by atoms with Crippen molar-refractivity contribution in [3.05, 3.63) is 48.0 Å². The first kappa shape index (κ1) is 14.9. The summed E-state index contributed by atoms with van der Waals surface area (Å²) in [7, 11) is 1.86. The number of halogens is 1. The van der Waals surface area contributed by atoms with Crippen LogP contribution in [0.2, 0.25) is 0 Å². The normalized spacial score (nSPS) is 10.7. The number of hydrogen-bond acceptors (Lipinski definition) is 1. The van der Waals surface area contributed by atoms with Gasteiger partial charge in [0.1, 0.15) is 0 Å². The van der Waals surface area contributed by atoms with Crippen molar-refractivity contribution in [3.63, 3.8) is 0 Å². The number of hydrogen-bond donors (Lipinski definition) is 0. The average molecular weight is 290 g/mol. The van der Waals surface area contributed by atoms with Crippen LogP contribution in [-0.4, -0.2) is 23.7 Å². The molecule has 0 fully saturated rings. The largest absolute Gasteiger partial charge is 0.341 e. The zero-order valence-corrected chi connectivity index (χ0v) is 12.6. The third kappa shape index (κ3) is 3.97. The lowest BCUT2D eigenvalue weighted by Gasteiger charge is -2.17. The first-order valence-electron chi connectivity index (χ1n) is 6.98. The van der Waals surface area contributed by atoms with Crippen LogP contribution in [0.25, 0.3) is 10.8 Å². The van der Waals surface area contributed by atoms with Crippen LogP contribution in [0.3, 0.4) is 0 Å². The fraction of sp³-hybridized carbons (Fsp3) is 0.353. The number of unbranched alkanes of at least 4 members (excludes halogenated alkanes) is 1. The van der Waals surface area contributed by atoms with E-state index < -0.39 is 0 Å². The second-order valence-electron chi connectivity index (χ2n) is 5.08. The Labute approximate surface area is 125 Å². The molecule has 0 heterocycles. The Hall–Kier alpha value is -1.54. The van der Waals surface area contributed by atoms with Gasteiger partial charge in [0.15, 0.2) is 0 Å². The molecule has 1 amide bonds. The molecule has 0 aliphatic carbocycles. The molecule has 3 heteroatoms. The monoisotopic (exact) mass is 289 g/mol. The summed E-state index contributed by atoms with van der Waals surface area (Å²) >= 11 is 5.62. The summed E-state index contributed by atoms with van der Waals surface area (Å²) in [6.45, 7) is 0.657. The van der Waals surface area contributed by atoms with Crippen LogP contribution in [-0.2, 0) is 11.3 Å². The van der Waals surface area contributed by atoms with Crippen molar-refractivity contribution in [3.8, 4) is 0 Å². The fourth-order valence-corrected chi connectivity index (χ4v) is 2.45. The molecular weight excluding hydrogens is 270 g/mol. The summed E-state index contributed by atoms with van der Waals surface area (Å²) in [6, 6.07) is 14.6. The minimum absolute atomic E-state index is 0.184. The third-order valence-corrected chi connectivity index (χ3v) is 3.70. The molecule has 0 unspecified atom stereocenters. The molecule has 0 bridgehead atoms. The topological polar surface area (TPSA) is 20.3 Å². The van der Waals surface area contributed by atoms with Crippen molar-refractivity contribution in [2.24, 2.45) is 0 Å². The van der Waals surface area contributed by atoms with E-state index in [1.54, 1.807) is 4.90 Å². The molecule has 0 saturated heterocycles. The van der Waals surface area contributed by atoms with E-state index in [2.05, 4.69) is 30.3 Å². The number of carbonyl (C=O) groups is 1. The first-order valence-corrected chi connectivity index (χ1v) is 7.52. The van der Waals surface area contributed by atoms with E-state index in [1.165, 1.54) is 10.8 Å². The Morgan fingerprint density at radius 1 is 1.10 bits per heavy atom. The van der Waals surface area contributed by atoms with Gasteiger partial charge in [-0.15, -0.1) is 11.6 Å². The van der Waals surface area contributed by atoms with Crippen LogP contribution in [0.15, 0.2) is 42.5 Å². The highest BCUT2D eigenvalue weighted by atomic mass is 35.5. The van der Waals surface area contributed by atoms with Crippen LogP contribution in [0.4, 0.5) is 0 Å². The van der Waals surface area contributed by atoms with Crippen molar-refractivity contribution >= 4 is 28.3 Å². The second-order valence-corrected chi connectivity index (χ2v) is 5.46. The molecule has 2 aromatic rings. The maximum Gasteiger partial charge on any atom is 0.222 e. The Bertz CT molecular complexity index is 582. The van der Waals surface area contributed by atoms with E-state index in [9.17, 15) is 4.79 Å². The van der Waals surface area contributed by atoms with Gasteiger partial charge >= 0.3 is 0 Å². The number of nitrogens with zero attached hydrogens (tertiary/aromatic N) is 1. The van der Waals surface area contributed by atoms with Gasteiger partial charge in [0.25, 0.3) is 0 Å². The lowest BCUT2D eigenvalue weighted by molar-refractivity contribution is -0.130.